The number of carbonyl (C=O) groups excluding carboxylic acids is 2. The predicted molar refractivity (Wildman–Crippen MR) is 97.2 cm³/mol. The molecule has 1 aromatic carbocycles. The van der Waals surface area contributed by atoms with Crippen molar-refractivity contribution in [3.05, 3.63) is 46.2 Å². The van der Waals surface area contributed by atoms with Gasteiger partial charge in [0.15, 0.2) is 0 Å². The smallest absolute Gasteiger partial charge is 0.305 e. The van der Waals surface area contributed by atoms with Gasteiger partial charge >= 0.3 is 5.97 Å². The molecule has 2 amide bonds. The molecule has 8 heteroatoms. The van der Waals surface area contributed by atoms with Gasteiger partial charge in [-0.2, -0.15) is 0 Å². The lowest BCUT2D eigenvalue weighted by Gasteiger charge is -2.22. The fraction of sp³-hybridized carbons (Fsp3) is 0.235. The first kappa shape index (κ1) is 17.5. The second-order valence-electron chi connectivity index (χ2n) is 5.60. The number of aliphatic carboxylic acids is 1. The van der Waals surface area contributed by atoms with E-state index in [0.717, 1.165) is 9.77 Å². The van der Waals surface area contributed by atoms with E-state index in [-0.39, 0.29) is 23.5 Å². The van der Waals surface area contributed by atoms with Gasteiger partial charge in [-0.3, -0.25) is 14.4 Å². The third-order valence-corrected chi connectivity index (χ3v) is 5.91. The normalized spacial score (nSPS) is 17.3. The summed E-state index contributed by atoms with van der Waals surface area (Å²) >= 11 is 2.84. The van der Waals surface area contributed by atoms with E-state index in [1.165, 1.54) is 23.1 Å². The van der Waals surface area contributed by atoms with Gasteiger partial charge in [0.05, 0.1) is 23.4 Å². The second kappa shape index (κ2) is 7.28. The van der Waals surface area contributed by atoms with Crippen LogP contribution in [0.1, 0.15) is 34.6 Å². The number of amides is 2. The fourth-order valence-corrected chi connectivity index (χ4v) is 4.19. The molecule has 2 atom stereocenters. The lowest BCUT2D eigenvalue weighted by atomic mass is 10.1. The molecule has 3 N–H and O–H groups in total. The quantitative estimate of drug-likeness (QED) is 0.745. The molecule has 0 saturated heterocycles. The lowest BCUT2D eigenvalue weighted by molar-refractivity contribution is -0.137. The molecule has 130 valence electrons. The lowest BCUT2D eigenvalue weighted by Crippen LogP contribution is -2.30. The zero-order valence-electron chi connectivity index (χ0n) is 13.3. The summed E-state index contributed by atoms with van der Waals surface area (Å²) in [5.74, 6) is -1.46. The van der Waals surface area contributed by atoms with Crippen LogP contribution in [-0.2, 0) is 9.59 Å². The summed E-state index contributed by atoms with van der Waals surface area (Å²) in [6, 6.07) is 8.11. The highest BCUT2D eigenvalue weighted by Crippen LogP contribution is 2.36. The maximum absolute atomic E-state index is 12.5. The largest absolute Gasteiger partial charge is 0.481 e. The Balaban J connectivity index is 1.79. The Morgan fingerprint density at radius 1 is 1.36 bits per heavy atom. The number of carboxylic acid groups (broad SMARTS) is 1. The van der Waals surface area contributed by atoms with Crippen molar-refractivity contribution in [2.75, 3.05) is 5.32 Å². The fourth-order valence-electron chi connectivity index (χ4n) is 2.48. The van der Waals surface area contributed by atoms with Crippen LogP contribution in [0.15, 0.2) is 40.6 Å². The van der Waals surface area contributed by atoms with Crippen LogP contribution in [0.4, 0.5) is 5.69 Å². The average molecular weight is 376 g/mol. The van der Waals surface area contributed by atoms with Crippen LogP contribution in [0.2, 0.25) is 0 Å². The van der Waals surface area contributed by atoms with Gasteiger partial charge < -0.3 is 15.7 Å². The van der Waals surface area contributed by atoms with Gasteiger partial charge in [0, 0.05) is 15.3 Å². The van der Waals surface area contributed by atoms with Gasteiger partial charge in [-0.25, -0.2) is 0 Å². The molecule has 0 saturated carbocycles. The van der Waals surface area contributed by atoms with E-state index in [0.29, 0.717) is 11.3 Å². The third kappa shape index (κ3) is 4.02. The van der Waals surface area contributed by atoms with E-state index >= 15 is 0 Å². The standard InChI is InChI=1S/C17H16N2O4S2/c1-9-16(22)18-11-7-10(4-5-14(11)25-9)17(23)19-12(8-15(20)21)13-3-2-6-24-13/h2-7,9,12H,8H2,1H3,(H,18,22)(H,19,23)(H,20,21)/t9-,12+/m1/s1. The number of rotatable bonds is 5. The number of fused-ring (bicyclic) bond motifs is 1. The van der Waals surface area contributed by atoms with Crippen LogP contribution in [0.25, 0.3) is 0 Å². The number of thiophene rings is 1. The van der Waals surface area contributed by atoms with Crippen LogP contribution in [0.3, 0.4) is 0 Å². The highest BCUT2D eigenvalue weighted by Gasteiger charge is 2.25. The van der Waals surface area contributed by atoms with Crippen molar-refractivity contribution in [1.29, 1.82) is 0 Å². The summed E-state index contributed by atoms with van der Waals surface area (Å²) in [6.07, 6.45) is -0.193. The summed E-state index contributed by atoms with van der Waals surface area (Å²) in [6.45, 7) is 1.82. The van der Waals surface area contributed by atoms with Gasteiger partial charge in [-0.1, -0.05) is 6.07 Å². The molecule has 0 spiro atoms. The van der Waals surface area contributed by atoms with Crippen molar-refractivity contribution in [2.45, 2.75) is 29.5 Å². The monoisotopic (exact) mass is 376 g/mol. The Morgan fingerprint density at radius 2 is 2.16 bits per heavy atom. The highest BCUT2D eigenvalue weighted by molar-refractivity contribution is 8.00. The minimum Gasteiger partial charge on any atom is -0.481 e. The van der Waals surface area contributed by atoms with Crippen LogP contribution in [0, 0.1) is 0 Å². The van der Waals surface area contributed by atoms with Crippen molar-refractivity contribution in [3.63, 3.8) is 0 Å². The number of anilines is 1. The minimum atomic E-state index is -0.984. The summed E-state index contributed by atoms with van der Waals surface area (Å²) in [5.41, 5.74) is 0.979. The van der Waals surface area contributed by atoms with E-state index in [9.17, 15) is 14.4 Å². The highest BCUT2D eigenvalue weighted by atomic mass is 32.2. The number of hydrogen-bond acceptors (Lipinski definition) is 5. The number of benzene rings is 1. The predicted octanol–water partition coefficient (Wildman–Crippen LogP) is 3.13. The number of hydrogen-bond donors (Lipinski definition) is 3. The molecule has 0 unspecified atom stereocenters. The number of nitrogens with one attached hydrogen (secondary N) is 2. The molecule has 0 aliphatic carbocycles. The second-order valence-corrected chi connectivity index (χ2v) is 7.96. The Hall–Kier alpha value is -2.32. The van der Waals surface area contributed by atoms with E-state index in [2.05, 4.69) is 10.6 Å². The van der Waals surface area contributed by atoms with Crippen molar-refractivity contribution in [2.24, 2.45) is 0 Å². The van der Waals surface area contributed by atoms with Gasteiger partial charge in [0.25, 0.3) is 5.91 Å². The van der Waals surface area contributed by atoms with E-state index in [1.54, 1.807) is 24.3 Å². The molecule has 3 rings (SSSR count). The van der Waals surface area contributed by atoms with Crippen molar-refractivity contribution in [1.82, 2.24) is 5.32 Å². The third-order valence-electron chi connectivity index (χ3n) is 3.74. The summed E-state index contributed by atoms with van der Waals surface area (Å²) < 4.78 is 0. The van der Waals surface area contributed by atoms with Crippen molar-refractivity contribution >= 4 is 46.6 Å². The van der Waals surface area contributed by atoms with Crippen molar-refractivity contribution < 1.29 is 19.5 Å². The first-order valence-electron chi connectivity index (χ1n) is 7.61. The Morgan fingerprint density at radius 3 is 2.84 bits per heavy atom. The molecule has 1 aromatic heterocycles. The molecule has 0 radical (unpaired) electrons. The average Bonchev–Trinajstić information content (AvgIpc) is 3.09. The maximum atomic E-state index is 12.5. The molecule has 0 fully saturated rings. The van der Waals surface area contributed by atoms with E-state index in [4.69, 9.17) is 5.11 Å². The van der Waals surface area contributed by atoms with Crippen LogP contribution in [0.5, 0.6) is 0 Å². The molecular formula is C17H16N2O4S2. The minimum absolute atomic E-state index is 0.0996. The Kier molecular flexibility index (Phi) is 5.10. The van der Waals surface area contributed by atoms with Crippen LogP contribution >= 0.6 is 23.1 Å². The van der Waals surface area contributed by atoms with E-state index < -0.39 is 12.0 Å². The Labute approximate surface area is 152 Å². The zero-order valence-corrected chi connectivity index (χ0v) is 14.9. The summed E-state index contributed by atoms with van der Waals surface area (Å²) in [7, 11) is 0. The van der Waals surface area contributed by atoms with Gasteiger partial charge in [0.2, 0.25) is 5.91 Å². The van der Waals surface area contributed by atoms with E-state index in [1.807, 2.05) is 18.4 Å². The van der Waals surface area contributed by atoms with Gasteiger partial charge in [-0.05, 0) is 36.6 Å². The maximum Gasteiger partial charge on any atom is 0.305 e. The molecule has 0 bridgehead atoms. The number of thioether (sulfide) groups is 1. The topological polar surface area (TPSA) is 95.5 Å². The first-order chi connectivity index (χ1) is 11.9. The molecule has 1 aliphatic rings. The molecular weight excluding hydrogens is 360 g/mol. The summed E-state index contributed by atoms with van der Waals surface area (Å²) in [5, 5.41) is 16.3. The number of carboxylic acids is 1. The van der Waals surface area contributed by atoms with Crippen molar-refractivity contribution in [3.8, 4) is 0 Å². The molecule has 2 heterocycles. The summed E-state index contributed by atoms with van der Waals surface area (Å²) in [4.78, 5) is 37.1. The molecule has 6 nitrogen and oxygen atoms in total. The molecule has 1 aliphatic heterocycles. The van der Waals surface area contributed by atoms with Gasteiger partial charge in [0.1, 0.15) is 0 Å². The molecule has 2 aromatic rings. The zero-order chi connectivity index (χ0) is 18.0. The van der Waals surface area contributed by atoms with Crippen LogP contribution in [-0.4, -0.2) is 28.1 Å². The van der Waals surface area contributed by atoms with Gasteiger partial charge in [-0.15, -0.1) is 23.1 Å². The SMILES string of the molecule is C[C@H]1Sc2ccc(C(=O)N[C@@H](CC(=O)O)c3cccs3)cc2NC1=O. The molecule has 25 heavy (non-hydrogen) atoms. The van der Waals surface area contributed by atoms with Crippen LogP contribution < -0.4 is 10.6 Å². The number of carbonyl (C=O) groups is 3. The first-order valence-corrected chi connectivity index (χ1v) is 9.37. The Bertz CT molecular complexity index is 820.